The van der Waals surface area contributed by atoms with Crippen LogP contribution >= 0.6 is 23.2 Å². The molecule has 3 rings (SSSR count). The summed E-state index contributed by atoms with van der Waals surface area (Å²) in [4.78, 5) is 13.7. The molecule has 2 aromatic carbocycles. The second kappa shape index (κ2) is 9.02. The van der Waals surface area contributed by atoms with Crippen molar-refractivity contribution < 1.29 is 18.1 Å². The highest BCUT2D eigenvalue weighted by Gasteiger charge is 2.32. The summed E-state index contributed by atoms with van der Waals surface area (Å²) < 4.78 is 27.5. The molecule has 0 spiro atoms. The number of carbonyl (C=O) groups excluding carboxylic acids is 1. The van der Waals surface area contributed by atoms with Crippen LogP contribution in [0.1, 0.15) is 11.1 Å². The fourth-order valence-electron chi connectivity index (χ4n) is 3.36. The molecule has 0 atom stereocenters. The molecule has 0 bridgehead atoms. The minimum absolute atomic E-state index is 0.171. The van der Waals surface area contributed by atoms with Gasteiger partial charge in [-0.2, -0.15) is 4.31 Å². The number of benzene rings is 2. The lowest BCUT2D eigenvalue weighted by atomic mass is 10.2. The molecule has 1 fully saturated rings. The van der Waals surface area contributed by atoms with Gasteiger partial charge in [0.05, 0.1) is 41.8 Å². The van der Waals surface area contributed by atoms with Crippen LogP contribution in [0, 0.1) is 13.8 Å². The van der Waals surface area contributed by atoms with Gasteiger partial charge >= 0.3 is 0 Å². The van der Waals surface area contributed by atoms with Gasteiger partial charge in [-0.15, -0.1) is 0 Å². The first-order valence-corrected chi connectivity index (χ1v) is 11.5. The minimum atomic E-state index is -3.54. The molecular weight excluding hydrogens is 433 g/mol. The molecule has 2 N–H and O–H groups in total. The van der Waals surface area contributed by atoms with Crippen LogP contribution in [0.25, 0.3) is 0 Å². The number of amides is 1. The number of rotatable bonds is 5. The predicted octanol–water partition coefficient (Wildman–Crippen LogP) is 2.14. The Kier molecular flexibility index (Phi) is 6.86. The maximum atomic E-state index is 13.0. The molecule has 6 nitrogen and oxygen atoms in total. The maximum Gasteiger partial charge on any atom is 0.279 e. The Morgan fingerprint density at radius 1 is 1.10 bits per heavy atom. The third-order valence-electron chi connectivity index (χ3n) is 5.01. The number of hydrogen-bond acceptors (Lipinski definition) is 3. The molecule has 0 aliphatic carbocycles. The molecule has 1 saturated heterocycles. The third-order valence-corrected chi connectivity index (χ3v) is 7.60. The normalized spacial score (nSPS) is 16.0. The molecule has 1 heterocycles. The molecule has 156 valence electrons. The van der Waals surface area contributed by atoms with Gasteiger partial charge in [-0.25, -0.2) is 8.42 Å². The molecule has 9 heteroatoms. The lowest BCUT2D eigenvalue weighted by Crippen LogP contribution is -3.15. The first kappa shape index (κ1) is 22.1. The number of halogens is 2. The number of hydrogen-bond donors (Lipinski definition) is 2. The van der Waals surface area contributed by atoms with Gasteiger partial charge in [0.1, 0.15) is 0 Å². The fraction of sp³-hybridized carbons (Fsp3) is 0.350. The number of sulfonamides is 1. The Hall–Kier alpha value is -1.64. The quantitative estimate of drug-likeness (QED) is 0.723. The number of nitrogens with zero attached hydrogens (tertiary/aromatic N) is 1. The summed E-state index contributed by atoms with van der Waals surface area (Å²) in [5.41, 5.74) is 2.16. The van der Waals surface area contributed by atoms with Crippen LogP contribution in [-0.2, 0) is 14.8 Å². The van der Waals surface area contributed by atoms with E-state index in [2.05, 4.69) is 5.32 Å². The Labute approximate surface area is 181 Å². The number of quaternary nitrogens is 1. The number of aryl methyl sites for hydroxylation is 2. The van der Waals surface area contributed by atoms with Crippen molar-refractivity contribution in [3.8, 4) is 0 Å². The molecule has 1 amide bonds. The van der Waals surface area contributed by atoms with Crippen LogP contribution in [0.5, 0.6) is 0 Å². The summed E-state index contributed by atoms with van der Waals surface area (Å²) in [7, 11) is -3.54. The lowest BCUT2D eigenvalue weighted by molar-refractivity contribution is -0.895. The fourth-order valence-corrected chi connectivity index (χ4v) is 5.56. The zero-order valence-electron chi connectivity index (χ0n) is 16.3. The molecule has 2 aromatic rings. The lowest BCUT2D eigenvalue weighted by Gasteiger charge is -2.31. The van der Waals surface area contributed by atoms with Crippen molar-refractivity contribution in [1.82, 2.24) is 4.31 Å². The standard InChI is InChI=1S/C20H23Cl2N3O3S/c1-14-3-4-15(2)19(11-14)29(27,28)25-9-7-24(8-10-25)13-20(26)23-18-6-5-16(21)12-17(18)22/h3-6,11-12H,7-10,13H2,1-2H3,(H,23,26)/p+1. The van der Waals surface area contributed by atoms with E-state index in [0.29, 0.717) is 46.8 Å². The van der Waals surface area contributed by atoms with Crippen LogP contribution in [-0.4, -0.2) is 51.4 Å². The summed E-state index contributed by atoms with van der Waals surface area (Å²) in [5.74, 6) is -0.171. The van der Waals surface area contributed by atoms with Gasteiger partial charge in [-0.3, -0.25) is 4.79 Å². The second-order valence-electron chi connectivity index (χ2n) is 7.27. The first-order valence-electron chi connectivity index (χ1n) is 9.32. The van der Waals surface area contributed by atoms with Crippen molar-refractivity contribution in [3.63, 3.8) is 0 Å². The van der Waals surface area contributed by atoms with Crippen molar-refractivity contribution in [2.75, 3.05) is 38.0 Å². The molecule has 29 heavy (non-hydrogen) atoms. The van der Waals surface area contributed by atoms with E-state index in [1.54, 1.807) is 31.2 Å². The van der Waals surface area contributed by atoms with Crippen LogP contribution in [0.4, 0.5) is 5.69 Å². The van der Waals surface area contributed by atoms with E-state index < -0.39 is 10.0 Å². The van der Waals surface area contributed by atoms with Crippen LogP contribution in [0.15, 0.2) is 41.3 Å². The van der Waals surface area contributed by atoms with E-state index in [4.69, 9.17) is 23.2 Å². The van der Waals surface area contributed by atoms with Crippen molar-refractivity contribution in [2.45, 2.75) is 18.7 Å². The van der Waals surface area contributed by atoms with Crippen molar-refractivity contribution in [2.24, 2.45) is 0 Å². The Bertz CT molecular complexity index is 1020. The SMILES string of the molecule is Cc1ccc(C)c(S(=O)(=O)N2CC[NH+](CC(=O)Nc3ccc(Cl)cc3Cl)CC2)c1. The van der Waals surface area contributed by atoms with E-state index in [9.17, 15) is 13.2 Å². The van der Waals surface area contributed by atoms with E-state index in [1.165, 1.54) is 4.31 Å². The highest BCUT2D eigenvalue weighted by molar-refractivity contribution is 7.89. The first-order chi connectivity index (χ1) is 13.7. The Morgan fingerprint density at radius 3 is 2.45 bits per heavy atom. The predicted molar refractivity (Wildman–Crippen MR) is 115 cm³/mol. The smallest absolute Gasteiger partial charge is 0.279 e. The average molecular weight is 457 g/mol. The Morgan fingerprint density at radius 2 is 1.79 bits per heavy atom. The number of carbonyl (C=O) groups is 1. The van der Waals surface area contributed by atoms with E-state index >= 15 is 0 Å². The average Bonchev–Trinajstić information content (AvgIpc) is 2.66. The number of piperazine rings is 1. The minimum Gasteiger partial charge on any atom is -0.325 e. The van der Waals surface area contributed by atoms with Crippen LogP contribution < -0.4 is 10.2 Å². The van der Waals surface area contributed by atoms with Gasteiger partial charge in [0.25, 0.3) is 5.91 Å². The third kappa shape index (κ3) is 5.29. The molecule has 1 aliphatic rings. The van der Waals surface area contributed by atoms with Crippen LogP contribution in [0.2, 0.25) is 10.0 Å². The van der Waals surface area contributed by atoms with Crippen molar-refractivity contribution in [1.29, 1.82) is 0 Å². The molecule has 0 radical (unpaired) electrons. The summed E-state index contributed by atoms with van der Waals surface area (Å²) in [5, 5.41) is 3.66. The molecule has 0 saturated carbocycles. The van der Waals surface area contributed by atoms with Crippen molar-refractivity contribution >= 4 is 44.8 Å². The highest BCUT2D eigenvalue weighted by Crippen LogP contribution is 2.25. The molecule has 0 aromatic heterocycles. The monoisotopic (exact) mass is 456 g/mol. The topological polar surface area (TPSA) is 70.9 Å². The molecule has 1 aliphatic heterocycles. The summed E-state index contributed by atoms with van der Waals surface area (Å²) in [6, 6.07) is 10.3. The van der Waals surface area contributed by atoms with E-state index in [0.717, 1.165) is 16.0 Å². The number of nitrogens with one attached hydrogen (secondary N) is 2. The summed E-state index contributed by atoms with van der Waals surface area (Å²) in [6.45, 7) is 5.81. The zero-order valence-corrected chi connectivity index (χ0v) is 18.7. The molecular formula is C20H24Cl2N3O3S+. The van der Waals surface area contributed by atoms with Crippen LogP contribution in [0.3, 0.4) is 0 Å². The Balaban J connectivity index is 1.58. The van der Waals surface area contributed by atoms with Gasteiger partial charge in [0.15, 0.2) is 6.54 Å². The summed E-state index contributed by atoms with van der Waals surface area (Å²) in [6.07, 6.45) is 0. The van der Waals surface area contributed by atoms with Gasteiger partial charge in [-0.1, -0.05) is 35.3 Å². The van der Waals surface area contributed by atoms with Gasteiger partial charge in [0, 0.05) is 5.02 Å². The van der Waals surface area contributed by atoms with E-state index in [1.807, 2.05) is 19.1 Å². The van der Waals surface area contributed by atoms with Gasteiger partial charge < -0.3 is 10.2 Å². The van der Waals surface area contributed by atoms with Gasteiger partial charge in [0.2, 0.25) is 10.0 Å². The molecule has 0 unspecified atom stereocenters. The summed E-state index contributed by atoms with van der Waals surface area (Å²) >= 11 is 12.0. The van der Waals surface area contributed by atoms with Gasteiger partial charge in [-0.05, 0) is 49.2 Å². The van der Waals surface area contributed by atoms with Crippen molar-refractivity contribution in [3.05, 3.63) is 57.6 Å². The maximum absolute atomic E-state index is 13.0. The number of anilines is 1. The zero-order chi connectivity index (χ0) is 21.2. The largest absolute Gasteiger partial charge is 0.325 e. The second-order valence-corrected chi connectivity index (χ2v) is 10.0. The highest BCUT2D eigenvalue weighted by atomic mass is 35.5. The van der Waals surface area contributed by atoms with E-state index in [-0.39, 0.29) is 12.5 Å².